The highest BCUT2D eigenvalue weighted by molar-refractivity contribution is 5.88. The number of hydrogen-bond donors (Lipinski definition) is 2. The van der Waals surface area contributed by atoms with Gasteiger partial charge in [-0.25, -0.2) is 13.6 Å². The van der Waals surface area contributed by atoms with Gasteiger partial charge in [0.15, 0.2) is 11.6 Å². The summed E-state index contributed by atoms with van der Waals surface area (Å²) >= 11 is 0. The molecule has 2 fully saturated rings. The van der Waals surface area contributed by atoms with Crippen LogP contribution in [0.15, 0.2) is 18.2 Å². The van der Waals surface area contributed by atoms with Gasteiger partial charge in [0.25, 0.3) is 0 Å². The summed E-state index contributed by atoms with van der Waals surface area (Å²) in [6, 6.07) is 2.51. The Hall–Kier alpha value is -2.18. The molecule has 26 heavy (non-hydrogen) atoms. The summed E-state index contributed by atoms with van der Waals surface area (Å²) in [7, 11) is 0. The second kappa shape index (κ2) is 8.01. The van der Waals surface area contributed by atoms with Gasteiger partial charge in [-0.3, -0.25) is 4.79 Å². The van der Waals surface area contributed by atoms with Crippen molar-refractivity contribution >= 4 is 11.9 Å². The van der Waals surface area contributed by atoms with Gasteiger partial charge >= 0.3 is 6.03 Å². The molecule has 2 unspecified atom stereocenters. The molecule has 1 aliphatic heterocycles. The fourth-order valence-electron chi connectivity index (χ4n) is 3.92. The van der Waals surface area contributed by atoms with Gasteiger partial charge < -0.3 is 15.5 Å². The lowest BCUT2D eigenvalue weighted by atomic mass is 9.81. The third-order valence-corrected chi connectivity index (χ3v) is 5.46. The molecule has 1 saturated heterocycles. The molecule has 0 radical (unpaired) electrons. The molecule has 1 aromatic rings. The van der Waals surface area contributed by atoms with Crippen LogP contribution in [0.2, 0.25) is 0 Å². The Morgan fingerprint density at radius 1 is 1.23 bits per heavy atom. The predicted molar refractivity (Wildman–Crippen MR) is 93.4 cm³/mol. The van der Waals surface area contributed by atoms with Crippen LogP contribution in [0.25, 0.3) is 0 Å². The highest BCUT2D eigenvalue weighted by Crippen LogP contribution is 2.35. The molecule has 142 valence electrons. The lowest BCUT2D eigenvalue weighted by Crippen LogP contribution is -2.58. The first-order valence-corrected chi connectivity index (χ1v) is 9.27. The minimum atomic E-state index is -0.914. The van der Waals surface area contributed by atoms with Gasteiger partial charge in [-0.05, 0) is 43.4 Å². The Bertz CT molecular complexity index is 677. The quantitative estimate of drug-likeness (QED) is 0.865. The highest BCUT2D eigenvalue weighted by Gasteiger charge is 2.33. The number of halogens is 2. The van der Waals surface area contributed by atoms with E-state index in [2.05, 4.69) is 10.6 Å². The molecule has 3 rings (SSSR count). The van der Waals surface area contributed by atoms with E-state index in [1.165, 1.54) is 17.0 Å². The summed E-state index contributed by atoms with van der Waals surface area (Å²) in [5.74, 6) is -1.83. The predicted octanol–water partition coefficient (Wildman–Crippen LogP) is 3.12. The van der Waals surface area contributed by atoms with E-state index < -0.39 is 23.7 Å². The molecule has 1 aromatic carbocycles. The zero-order valence-corrected chi connectivity index (χ0v) is 14.9. The first kappa shape index (κ1) is 18.6. The summed E-state index contributed by atoms with van der Waals surface area (Å²) in [6.07, 6.45) is 5.13. The van der Waals surface area contributed by atoms with E-state index in [-0.39, 0.29) is 17.9 Å². The first-order chi connectivity index (χ1) is 12.5. The molecule has 7 heteroatoms. The molecule has 1 aliphatic carbocycles. The van der Waals surface area contributed by atoms with Crippen LogP contribution in [0.1, 0.15) is 50.6 Å². The maximum Gasteiger partial charge on any atom is 0.318 e. The number of hydrogen-bond acceptors (Lipinski definition) is 2. The summed E-state index contributed by atoms with van der Waals surface area (Å²) in [5.41, 5.74) is 0.568. The molecule has 0 spiro atoms. The number of carbonyl (C=O) groups excluding carboxylic acids is 2. The van der Waals surface area contributed by atoms with Gasteiger partial charge in [0.2, 0.25) is 5.91 Å². The van der Waals surface area contributed by atoms with Crippen molar-refractivity contribution in [3.05, 3.63) is 35.4 Å². The van der Waals surface area contributed by atoms with Gasteiger partial charge in [-0.15, -0.1) is 0 Å². The van der Waals surface area contributed by atoms with Crippen LogP contribution in [-0.4, -0.2) is 36.0 Å². The monoisotopic (exact) mass is 365 g/mol. The van der Waals surface area contributed by atoms with Crippen molar-refractivity contribution in [2.24, 2.45) is 5.92 Å². The maximum atomic E-state index is 13.8. The number of nitrogens with zero attached hydrogens (tertiary/aromatic N) is 1. The Labute approximate surface area is 152 Å². The molecule has 1 saturated carbocycles. The van der Waals surface area contributed by atoms with Crippen LogP contribution in [0, 0.1) is 17.6 Å². The second-order valence-electron chi connectivity index (χ2n) is 7.16. The Balaban J connectivity index is 1.81. The van der Waals surface area contributed by atoms with E-state index in [1.54, 1.807) is 6.92 Å². The molecule has 0 aromatic heterocycles. The van der Waals surface area contributed by atoms with E-state index in [9.17, 15) is 18.4 Å². The van der Waals surface area contributed by atoms with Gasteiger partial charge in [0.05, 0.1) is 6.04 Å². The minimum Gasteiger partial charge on any atom is -0.353 e. The fourth-order valence-corrected chi connectivity index (χ4v) is 3.92. The maximum absolute atomic E-state index is 13.8. The van der Waals surface area contributed by atoms with Crippen molar-refractivity contribution < 1.29 is 18.4 Å². The topological polar surface area (TPSA) is 61.4 Å². The fraction of sp³-hybridized carbons (Fsp3) is 0.579. The summed E-state index contributed by atoms with van der Waals surface area (Å²) in [4.78, 5) is 26.1. The number of piperazine rings is 1. The lowest BCUT2D eigenvalue weighted by Gasteiger charge is -2.37. The minimum absolute atomic E-state index is 0.173. The summed E-state index contributed by atoms with van der Waals surface area (Å²) < 4.78 is 27.1. The van der Waals surface area contributed by atoms with Crippen LogP contribution < -0.4 is 10.6 Å². The number of amides is 3. The number of carbonyl (C=O) groups is 2. The molecular formula is C19H25F2N3O2. The average molecular weight is 365 g/mol. The van der Waals surface area contributed by atoms with Crippen molar-refractivity contribution in [1.82, 2.24) is 15.5 Å². The second-order valence-corrected chi connectivity index (χ2v) is 7.16. The van der Waals surface area contributed by atoms with Crippen molar-refractivity contribution in [2.45, 2.75) is 51.1 Å². The molecule has 2 N–H and O–H groups in total. The standard InChI is InChI=1S/C19H25F2N3O2/c1-12-18(25)22-9-10-24(12)19(26)23-17(13-5-3-2-4-6-13)14-7-8-15(20)16(21)11-14/h7-8,11-13,17H,2-6,9-10H2,1H3,(H,22,25)(H,23,26). The third-order valence-electron chi connectivity index (χ3n) is 5.46. The zero-order valence-electron chi connectivity index (χ0n) is 14.9. The van der Waals surface area contributed by atoms with Gasteiger partial charge in [0, 0.05) is 13.1 Å². The van der Waals surface area contributed by atoms with E-state index in [0.29, 0.717) is 18.7 Å². The third kappa shape index (κ3) is 3.97. The van der Waals surface area contributed by atoms with Crippen molar-refractivity contribution in [3.63, 3.8) is 0 Å². The number of urea groups is 1. The molecule has 3 amide bonds. The van der Waals surface area contributed by atoms with Crippen LogP contribution >= 0.6 is 0 Å². The summed E-state index contributed by atoms with van der Waals surface area (Å²) in [5, 5.41) is 5.72. The molecule has 1 heterocycles. The number of rotatable bonds is 3. The normalized spacial score (nSPS) is 22.7. The van der Waals surface area contributed by atoms with Crippen LogP contribution in [-0.2, 0) is 4.79 Å². The zero-order chi connectivity index (χ0) is 18.7. The molecule has 0 bridgehead atoms. The Morgan fingerprint density at radius 2 is 1.96 bits per heavy atom. The van der Waals surface area contributed by atoms with Crippen molar-refractivity contribution in [1.29, 1.82) is 0 Å². The van der Waals surface area contributed by atoms with E-state index in [0.717, 1.165) is 38.2 Å². The van der Waals surface area contributed by atoms with Gasteiger partial charge in [0.1, 0.15) is 6.04 Å². The van der Waals surface area contributed by atoms with Crippen molar-refractivity contribution in [3.8, 4) is 0 Å². The average Bonchev–Trinajstić information content (AvgIpc) is 2.65. The van der Waals surface area contributed by atoms with Crippen LogP contribution in [0.3, 0.4) is 0 Å². The van der Waals surface area contributed by atoms with Crippen molar-refractivity contribution in [2.75, 3.05) is 13.1 Å². The van der Waals surface area contributed by atoms with E-state index in [4.69, 9.17) is 0 Å². The Kier molecular flexibility index (Phi) is 5.74. The first-order valence-electron chi connectivity index (χ1n) is 9.27. The van der Waals surface area contributed by atoms with Crippen LogP contribution in [0.4, 0.5) is 13.6 Å². The molecule has 5 nitrogen and oxygen atoms in total. The largest absolute Gasteiger partial charge is 0.353 e. The summed E-state index contributed by atoms with van der Waals surface area (Å²) in [6.45, 7) is 2.52. The molecule has 2 aliphatic rings. The lowest BCUT2D eigenvalue weighted by molar-refractivity contribution is -0.126. The smallest absolute Gasteiger partial charge is 0.318 e. The number of benzene rings is 1. The van der Waals surface area contributed by atoms with E-state index >= 15 is 0 Å². The van der Waals surface area contributed by atoms with E-state index in [1.807, 2.05) is 0 Å². The molecular weight excluding hydrogens is 340 g/mol. The van der Waals surface area contributed by atoms with Gasteiger partial charge in [-0.1, -0.05) is 25.3 Å². The Morgan fingerprint density at radius 3 is 2.65 bits per heavy atom. The van der Waals surface area contributed by atoms with Crippen LogP contribution in [0.5, 0.6) is 0 Å². The van der Waals surface area contributed by atoms with Gasteiger partial charge in [-0.2, -0.15) is 0 Å². The molecule has 2 atom stereocenters. The highest BCUT2D eigenvalue weighted by atomic mass is 19.2. The number of nitrogens with one attached hydrogen (secondary N) is 2. The SMILES string of the molecule is CC1C(=O)NCCN1C(=O)NC(c1ccc(F)c(F)c1)C1CCCCC1.